The third-order valence-corrected chi connectivity index (χ3v) is 4.84. The third-order valence-electron chi connectivity index (χ3n) is 4.31. The Morgan fingerprint density at radius 3 is 2.50 bits per heavy atom. The van der Waals surface area contributed by atoms with Crippen LogP contribution in [0.2, 0.25) is 0 Å². The number of halogens is 1. The van der Waals surface area contributed by atoms with E-state index >= 15 is 0 Å². The Bertz CT molecular complexity index is 732. The van der Waals surface area contributed by atoms with E-state index in [1.807, 2.05) is 0 Å². The van der Waals surface area contributed by atoms with Crippen molar-refractivity contribution in [3.05, 3.63) is 46.5 Å². The molecular formula is C16H15BrN2O5. The SMILES string of the molecule is C[C@@]12C=C[C@@H](O1)[C@@H](C(=O)O)[C@H]2C(=O)NNC(=O)c1ccc(Br)cc1. The van der Waals surface area contributed by atoms with Gasteiger partial charge in [0.1, 0.15) is 5.92 Å². The molecule has 126 valence electrons. The molecule has 0 unspecified atom stereocenters. The van der Waals surface area contributed by atoms with Gasteiger partial charge in [-0.2, -0.15) is 0 Å². The van der Waals surface area contributed by atoms with E-state index in [-0.39, 0.29) is 0 Å². The molecule has 2 aliphatic rings. The minimum absolute atomic E-state index is 0.364. The number of carboxylic acid groups (broad SMARTS) is 1. The number of carboxylic acids is 1. The first-order valence-electron chi connectivity index (χ1n) is 7.27. The Kier molecular flexibility index (Phi) is 4.18. The average Bonchev–Trinajstić information content (AvgIpc) is 3.06. The van der Waals surface area contributed by atoms with E-state index in [0.29, 0.717) is 5.56 Å². The van der Waals surface area contributed by atoms with E-state index in [4.69, 9.17) is 4.74 Å². The van der Waals surface area contributed by atoms with Gasteiger partial charge in [0.2, 0.25) is 5.91 Å². The number of amides is 2. The van der Waals surface area contributed by atoms with Crippen LogP contribution < -0.4 is 10.9 Å². The van der Waals surface area contributed by atoms with Crippen LogP contribution in [0.3, 0.4) is 0 Å². The summed E-state index contributed by atoms with van der Waals surface area (Å²) in [4.78, 5) is 35.9. The first kappa shape index (κ1) is 16.7. The molecule has 2 amide bonds. The monoisotopic (exact) mass is 394 g/mol. The van der Waals surface area contributed by atoms with Crippen molar-refractivity contribution in [1.29, 1.82) is 0 Å². The first-order chi connectivity index (χ1) is 11.3. The van der Waals surface area contributed by atoms with E-state index in [1.165, 1.54) is 0 Å². The van der Waals surface area contributed by atoms with Crippen molar-refractivity contribution < 1.29 is 24.2 Å². The summed E-state index contributed by atoms with van der Waals surface area (Å²) < 4.78 is 6.43. The highest BCUT2D eigenvalue weighted by molar-refractivity contribution is 9.10. The topological polar surface area (TPSA) is 105 Å². The number of nitrogens with one attached hydrogen (secondary N) is 2. The number of benzene rings is 1. The van der Waals surface area contributed by atoms with Gasteiger partial charge in [0.25, 0.3) is 5.91 Å². The first-order valence-corrected chi connectivity index (χ1v) is 8.07. The molecule has 0 radical (unpaired) electrons. The van der Waals surface area contributed by atoms with Crippen molar-refractivity contribution in [1.82, 2.24) is 10.9 Å². The van der Waals surface area contributed by atoms with Gasteiger partial charge >= 0.3 is 5.97 Å². The Morgan fingerprint density at radius 1 is 1.21 bits per heavy atom. The van der Waals surface area contributed by atoms with Crippen LogP contribution in [0.25, 0.3) is 0 Å². The quantitative estimate of drug-likeness (QED) is 0.528. The van der Waals surface area contributed by atoms with Crippen LogP contribution in [0.15, 0.2) is 40.9 Å². The van der Waals surface area contributed by atoms with Crippen LogP contribution in [0, 0.1) is 11.8 Å². The Hall–Kier alpha value is -2.19. The van der Waals surface area contributed by atoms with Crippen molar-refractivity contribution in [2.75, 3.05) is 0 Å². The molecular weight excluding hydrogens is 380 g/mol. The van der Waals surface area contributed by atoms with E-state index in [0.717, 1.165) is 4.47 Å². The van der Waals surface area contributed by atoms with Gasteiger partial charge in [-0.05, 0) is 31.2 Å². The second kappa shape index (κ2) is 6.03. The molecule has 2 heterocycles. The lowest BCUT2D eigenvalue weighted by molar-refractivity contribution is -0.147. The van der Waals surface area contributed by atoms with Crippen LogP contribution in [0.4, 0.5) is 0 Å². The van der Waals surface area contributed by atoms with Gasteiger partial charge in [0.15, 0.2) is 0 Å². The fourth-order valence-electron chi connectivity index (χ4n) is 3.15. The highest BCUT2D eigenvalue weighted by Crippen LogP contribution is 2.46. The molecule has 3 rings (SSSR count). The van der Waals surface area contributed by atoms with E-state index in [1.54, 1.807) is 43.3 Å². The summed E-state index contributed by atoms with van der Waals surface area (Å²) in [6, 6.07) is 6.59. The number of hydrogen-bond acceptors (Lipinski definition) is 4. The molecule has 3 N–H and O–H groups in total. The van der Waals surface area contributed by atoms with Gasteiger partial charge in [-0.3, -0.25) is 25.2 Å². The predicted molar refractivity (Wildman–Crippen MR) is 86.8 cm³/mol. The van der Waals surface area contributed by atoms with Crippen LogP contribution >= 0.6 is 15.9 Å². The predicted octanol–water partition coefficient (Wildman–Crippen LogP) is 1.25. The normalized spacial score (nSPS) is 30.2. The second-order valence-corrected chi connectivity index (χ2v) is 6.83. The molecule has 0 spiro atoms. The van der Waals surface area contributed by atoms with Crippen LogP contribution in [-0.4, -0.2) is 34.6 Å². The summed E-state index contributed by atoms with van der Waals surface area (Å²) in [7, 11) is 0. The number of hydrogen-bond donors (Lipinski definition) is 3. The van der Waals surface area contributed by atoms with Crippen molar-refractivity contribution in [2.45, 2.75) is 18.6 Å². The molecule has 7 nitrogen and oxygen atoms in total. The Morgan fingerprint density at radius 2 is 1.88 bits per heavy atom. The lowest BCUT2D eigenvalue weighted by Gasteiger charge is -2.27. The molecule has 1 aromatic carbocycles. The number of carbonyl (C=O) groups is 3. The average molecular weight is 395 g/mol. The maximum atomic E-state index is 12.4. The molecule has 0 aromatic heterocycles. The molecule has 2 aliphatic heterocycles. The summed E-state index contributed by atoms with van der Waals surface area (Å²) in [6.45, 7) is 1.66. The molecule has 1 fully saturated rings. The number of carbonyl (C=O) groups excluding carboxylic acids is 2. The van der Waals surface area contributed by atoms with E-state index in [2.05, 4.69) is 26.8 Å². The summed E-state index contributed by atoms with van der Waals surface area (Å²) in [5.41, 5.74) is 3.99. The zero-order valence-electron chi connectivity index (χ0n) is 12.7. The summed E-state index contributed by atoms with van der Waals surface area (Å²) in [5, 5.41) is 9.36. The fourth-order valence-corrected chi connectivity index (χ4v) is 3.41. The molecule has 8 heteroatoms. The number of aliphatic carboxylic acids is 1. The van der Waals surface area contributed by atoms with Crippen LogP contribution in [0.5, 0.6) is 0 Å². The number of hydrazine groups is 1. The summed E-state index contributed by atoms with van der Waals surface area (Å²) >= 11 is 3.27. The second-order valence-electron chi connectivity index (χ2n) is 5.92. The number of rotatable bonds is 3. The molecule has 24 heavy (non-hydrogen) atoms. The van der Waals surface area contributed by atoms with Crippen LogP contribution in [-0.2, 0) is 14.3 Å². The fraction of sp³-hybridized carbons (Fsp3) is 0.312. The standard InChI is InChI=1S/C16H15BrN2O5/c1-16-7-6-10(24-16)11(15(22)23)12(16)14(21)19-18-13(20)8-2-4-9(17)5-3-8/h2-7,10-12H,1H3,(H,18,20)(H,19,21)(H,22,23)/t10-,11-,12+,16+/m1/s1. The van der Waals surface area contributed by atoms with Crippen molar-refractivity contribution >= 4 is 33.7 Å². The Labute approximate surface area is 146 Å². The van der Waals surface area contributed by atoms with E-state index in [9.17, 15) is 19.5 Å². The van der Waals surface area contributed by atoms with Gasteiger partial charge in [0.05, 0.1) is 17.6 Å². The molecule has 0 aliphatic carbocycles. The largest absolute Gasteiger partial charge is 0.481 e. The maximum Gasteiger partial charge on any atom is 0.310 e. The van der Waals surface area contributed by atoms with Crippen LogP contribution in [0.1, 0.15) is 17.3 Å². The maximum absolute atomic E-state index is 12.4. The van der Waals surface area contributed by atoms with Gasteiger partial charge in [-0.1, -0.05) is 28.1 Å². The lowest BCUT2D eigenvalue weighted by atomic mass is 9.76. The summed E-state index contributed by atoms with van der Waals surface area (Å²) in [5.74, 6) is -4.10. The third kappa shape index (κ3) is 2.83. The van der Waals surface area contributed by atoms with Crippen molar-refractivity contribution in [3.8, 4) is 0 Å². The molecule has 1 saturated heterocycles. The van der Waals surface area contributed by atoms with Gasteiger partial charge in [-0.15, -0.1) is 0 Å². The minimum atomic E-state index is -1.10. The van der Waals surface area contributed by atoms with Gasteiger partial charge < -0.3 is 9.84 Å². The smallest absolute Gasteiger partial charge is 0.310 e. The molecule has 0 saturated carbocycles. The molecule has 4 atom stereocenters. The highest BCUT2D eigenvalue weighted by atomic mass is 79.9. The minimum Gasteiger partial charge on any atom is -0.481 e. The van der Waals surface area contributed by atoms with Gasteiger partial charge in [0, 0.05) is 10.0 Å². The van der Waals surface area contributed by atoms with Gasteiger partial charge in [-0.25, -0.2) is 0 Å². The van der Waals surface area contributed by atoms with E-state index < -0.39 is 41.3 Å². The number of fused-ring (bicyclic) bond motifs is 2. The highest BCUT2D eigenvalue weighted by Gasteiger charge is 2.59. The zero-order valence-corrected chi connectivity index (χ0v) is 14.2. The zero-order chi connectivity index (χ0) is 17.5. The number of ether oxygens (including phenoxy) is 1. The van der Waals surface area contributed by atoms with Crippen molar-refractivity contribution in [3.63, 3.8) is 0 Å². The molecule has 2 bridgehead atoms. The lowest BCUT2D eigenvalue weighted by Crippen LogP contribution is -2.52. The summed E-state index contributed by atoms with van der Waals surface area (Å²) in [6.07, 6.45) is 2.71. The Balaban J connectivity index is 1.68. The molecule has 1 aromatic rings. The van der Waals surface area contributed by atoms with Crippen molar-refractivity contribution in [2.24, 2.45) is 11.8 Å².